The number of ether oxygens (including phenoxy) is 1. The quantitative estimate of drug-likeness (QED) is 0.851. The average Bonchev–Trinajstić information content (AvgIpc) is 2.84. The lowest BCUT2D eigenvalue weighted by Gasteiger charge is -2.14. The molecule has 0 radical (unpaired) electrons. The molecule has 1 heterocycles. The molecule has 0 fully saturated rings. The van der Waals surface area contributed by atoms with E-state index in [9.17, 15) is 8.78 Å². The van der Waals surface area contributed by atoms with Crippen molar-refractivity contribution in [1.29, 1.82) is 0 Å². The summed E-state index contributed by atoms with van der Waals surface area (Å²) in [6.07, 6.45) is 0.637. The first-order chi connectivity index (χ1) is 10.0. The standard InChI is InChI=1S/C14H17F2N3O2/c1-9(17-8-7-13-18-10(2)19-21-13)11-3-5-12(6-4-11)20-14(15)16/h3-6,9,14,17H,7-8H2,1-2H3. The van der Waals surface area contributed by atoms with E-state index < -0.39 is 6.61 Å². The lowest BCUT2D eigenvalue weighted by atomic mass is 10.1. The first-order valence-corrected chi connectivity index (χ1v) is 6.62. The maximum atomic E-state index is 12.1. The lowest BCUT2D eigenvalue weighted by Crippen LogP contribution is -2.21. The molecular formula is C14H17F2N3O2. The van der Waals surface area contributed by atoms with E-state index in [2.05, 4.69) is 20.2 Å². The third-order valence-electron chi connectivity index (χ3n) is 2.96. The Kier molecular flexibility index (Phi) is 5.21. The molecule has 1 aromatic carbocycles. The van der Waals surface area contributed by atoms with Crippen LogP contribution in [0.25, 0.3) is 0 Å². The molecule has 0 aliphatic heterocycles. The predicted octanol–water partition coefficient (Wildman–Crippen LogP) is 2.87. The molecule has 1 unspecified atom stereocenters. The van der Waals surface area contributed by atoms with Crippen molar-refractivity contribution in [2.24, 2.45) is 0 Å². The van der Waals surface area contributed by atoms with Gasteiger partial charge in [0.1, 0.15) is 5.75 Å². The summed E-state index contributed by atoms with van der Waals surface area (Å²) in [5.74, 6) is 1.36. The summed E-state index contributed by atoms with van der Waals surface area (Å²) in [5.41, 5.74) is 0.985. The summed E-state index contributed by atoms with van der Waals surface area (Å²) in [7, 11) is 0. The van der Waals surface area contributed by atoms with E-state index >= 15 is 0 Å². The summed E-state index contributed by atoms with van der Waals surface area (Å²) in [6, 6.07) is 6.65. The number of aromatic nitrogens is 2. The van der Waals surface area contributed by atoms with Crippen molar-refractivity contribution < 1.29 is 18.0 Å². The third kappa shape index (κ3) is 4.78. The second-order valence-corrected chi connectivity index (χ2v) is 4.61. The Morgan fingerprint density at radius 3 is 2.57 bits per heavy atom. The molecule has 2 rings (SSSR count). The molecule has 7 heteroatoms. The number of rotatable bonds is 7. The molecule has 0 saturated carbocycles. The van der Waals surface area contributed by atoms with E-state index in [0.717, 1.165) is 5.56 Å². The van der Waals surface area contributed by atoms with E-state index in [0.29, 0.717) is 24.7 Å². The second-order valence-electron chi connectivity index (χ2n) is 4.61. The van der Waals surface area contributed by atoms with Gasteiger partial charge in [-0.05, 0) is 31.5 Å². The van der Waals surface area contributed by atoms with Crippen LogP contribution in [0.3, 0.4) is 0 Å². The van der Waals surface area contributed by atoms with E-state index in [1.807, 2.05) is 6.92 Å². The molecule has 1 atom stereocenters. The highest BCUT2D eigenvalue weighted by molar-refractivity contribution is 5.28. The number of hydrogen-bond acceptors (Lipinski definition) is 5. The SMILES string of the molecule is Cc1noc(CCNC(C)c2ccc(OC(F)F)cc2)n1. The maximum absolute atomic E-state index is 12.1. The molecule has 2 aromatic rings. The molecule has 21 heavy (non-hydrogen) atoms. The molecule has 114 valence electrons. The van der Waals surface area contributed by atoms with Gasteiger partial charge in [0.05, 0.1) is 0 Å². The number of nitrogens with one attached hydrogen (secondary N) is 1. The Bertz CT molecular complexity index is 558. The van der Waals surface area contributed by atoms with Gasteiger partial charge in [0.2, 0.25) is 5.89 Å². The Balaban J connectivity index is 1.81. The van der Waals surface area contributed by atoms with Crippen LogP contribution in [-0.2, 0) is 6.42 Å². The summed E-state index contributed by atoms with van der Waals surface area (Å²) in [4.78, 5) is 4.11. The first kappa shape index (κ1) is 15.4. The highest BCUT2D eigenvalue weighted by Crippen LogP contribution is 2.19. The van der Waals surface area contributed by atoms with Crippen LogP contribution in [0.1, 0.15) is 30.2 Å². The van der Waals surface area contributed by atoms with Gasteiger partial charge in [0.15, 0.2) is 5.82 Å². The third-order valence-corrected chi connectivity index (χ3v) is 2.96. The van der Waals surface area contributed by atoms with Crippen molar-refractivity contribution in [3.63, 3.8) is 0 Å². The van der Waals surface area contributed by atoms with Crippen LogP contribution in [0.2, 0.25) is 0 Å². The van der Waals surface area contributed by atoms with Crippen LogP contribution < -0.4 is 10.1 Å². The Morgan fingerprint density at radius 2 is 2.00 bits per heavy atom. The van der Waals surface area contributed by atoms with Gasteiger partial charge in [0, 0.05) is 19.0 Å². The number of alkyl halides is 2. The fourth-order valence-corrected chi connectivity index (χ4v) is 1.89. The van der Waals surface area contributed by atoms with E-state index in [-0.39, 0.29) is 11.8 Å². The van der Waals surface area contributed by atoms with Crippen molar-refractivity contribution >= 4 is 0 Å². The number of benzene rings is 1. The number of hydrogen-bond donors (Lipinski definition) is 1. The Hall–Kier alpha value is -2.02. The van der Waals surface area contributed by atoms with Gasteiger partial charge >= 0.3 is 6.61 Å². The Labute approximate surface area is 121 Å². The maximum Gasteiger partial charge on any atom is 0.387 e. The zero-order valence-corrected chi connectivity index (χ0v) is 11.8. The Morgan fingerprint density at radius 1 is 1.29 bits per heavy atom. The van der Waals surface area contributed by atoms with Crippen LogP contribution in [-0.4, -0.2) is 23.3 Å². The van der Waals surface area contributed by atoms with Crippen LogP contribution in [0.4, 0.5) is 8.78 Å². The number of halogens is 2. The zero-order valence-electron chi connectivity index (χ0n) is 11.8. The van der Waals surface area contributed by atoms with E-state index in [1.165, 1.54) is 12.1 Å². The molecular weight excluding hydrogens is 280 g/mol. The zero-order chi connectivity index (χ0) is 15.2. The minimum Gasteiger partial charge on any atom is -0.435 e. The van der Waals surface area contributed by atoms with Gasteiger partial charge < -0.3 is 14.6 Å². The highest BCUT2D eigenvalue weighted by Gasteiger charge is 2.08. The topological polar surface area (TPSA) is 60.2 Å². The van der Waals surface area contributed by atoms with Crippen LogP contribution in [0.5, 0.6) is 5.75 Å². The van der Waals surface area contributed by atoms with Gasteiger partial charge in [-0.25, -0.2) is 0 Å². The van der Waals surface area contributed by atoms with Crippen molar-refractivity contribution in [3.8, 4) is 5.75 Å². The molecule has 0 amide bonds. The van der Waals surface area contributed by atoms with Crippen LogP contribution in [0.15, 0.2) is 28.8 Å². The minimum atomic E-state index is -2.80. The van der Waals surface area contributed by atoms with E-state index in [1.54, 1.807) is 19.1 Å². The largest absolute Gasteiger partial charge is 0.435 e. The van der Waals surface area contributed by atoms with Crippen molar-refractivity contribution in [1.82, 2.24) is 15.5 Å². The molecule has 0 aliphatic carbocycles. The minimum absolute atomic E-state index is 0.0784. The summed E-state index contributed by atoms with van der Waals surface area (Å²) < 4.78 is 33.4. The highest BCUT2D eigenvalue weighted by atomic mass is 19.3. The number of aryl methyl sites for hydroxylation is 1. The average molecular weight is 297 g/mol. The van der Waals surface area contributed by atoms with Gasteiger partial charge in [-0.1, -0.05) is 17.3 Å². The molecule has 0 saturated heterocycles. The molecule has 0 aliphatic rings. The van der Waals surface area contributed by atoms with Gasteiger partial charge in [-0.15, -0.1) is 0 Å². The van der Waals surface area contributed by atoms with Crippen LogP contribution in [0, 0.1) is 6.92 Å². The van der Waals surface area contributed by atoms with Gasteiger partial charge in [-0.2, -0.15) is 13.8 Å². The van der Waals surface area contributed by atoms with Crippen molar-refractivity contribution in [2.45, 2.75) is 32.9 Å². The van der Waals surface area contributed by atoms with Crippen molar-refractivity contribution in [2.75, 3.05) is 6.54 Å². The molecule has 5 nitrogen and oxygen atoms in total. The first-order valence-electron chi connectivity index (χ1n) is 6.62. The fourth-order valence-electron chi connectivity index (χ4n) is 1.89. The number of nitrogens with zero attached hydrogens (tertiary/aromatic N) is 2. The molecule has 0 bridgehead atoms. The smallest absolute Gasteiger partial charge is 0.387 e. The molecule has 0 spiro atoms. The normalized spacial score (nSPS) is 12.6. The second kappa shape index (κ2) is 7.12. The summed E-state index contributed by atoms with van der Waals surface area (Å²) in [5, 5.41) is 7.02. The molecule has 1 N–H and O–H groups in total. The fraction of sp³-hybridized carbons (Fsp3) is 0.429. The monoisotopic (exact) mass is 297 g/mol. The molecule has 1 aromatic heterocycles. The van der Waals surface area contributed by atoms with E-state index in [4.69, 9.17) is 4.52 Å². The summed E-state index contributed by atoms with van der Waals surface area (Å²) in [6.45, 7) is 1.64. The summed E-state index contributed by atoms with van der Waals surface area (Å²) >= 11 is 0. The lowest BCUT2D eigenvalue weighted by molar-refractivity contribution is -0.0498. The van der Waals surface area contributed by atoms with Gasteiger partial charge in [0.25, 0.3) is 0 Å². The van der Waals surface area contributed by atoms with Crippen molar-refractivity contribution in [3.05, 3.63) is 41.5 Å². The predicted molar refractivity (Wildman–Crippen MR) is 72.2 cm³/mol. The van der Waals surface area contributed by atoms with Gasteiger partial charge in [-0.3, -0.25) is 0 Å². The van der Waals surface area contributed by atoms with Crippen LogP contribution >= 0.6 is 0 Å².